The highest BCUT2D eigenvalue weighted by atomic mass is 16.5. The van der Waals surface area contributed by atoms with E-state index >= 15 is 0 Å². The first-order valence-electron chi connectivity index (χ1n) is 8.62. The maximum Gasteiger partial charge on any atom is 0.249 e. The fourth-order valence-corrected chi connectivity index (χ4v) is 2.75. The van der Waals surface area contributed by atoms with Crippen LogP contribution in [0.4, 0.5) is 5.95 Å². The van der Waals surface area contributed by atoms with Gasteiger partial charge in [-0.15, -0.1) is 5.10 Å². The van der Waals surface area contributed by atoms with Gasteiger partial charge in [0.15, 0.2) is 17.3 Å². The molecule has 2 aromatic carbocycles. The highest BCUT2D eigenvalue weighted by Gasteiger charge is 2.16. The largest absolute Gasteiger partial charge is 0.493 e. The number of H-pyrrole nitrogens is 1. The summed E-state index contributed by atoms with van der Waals surface area (Å²) in [5, 5.41) is 9.57. The summed E-state index contributed by atoms with van der Waals surface area (Å²) in [6.07, 6.45) is 0.102. The van der Waals surface area contributed by atoms with Crippen molar-refractivity contribution in [2.24, 2.45) is 0 Å². The summed E-state index contributed by atoms with van der Waals surface area (Å²) >= 11 is 0. The highest BCUT2D eigenvalue weighted by molar-refractivity contribution is 5.91. The summed E-state index contributed by atoms with van der Waals surface area (Å²) in [6, 6.07) is 11.3. The molecule has 1 aromatic heterocycles. The molecule has 0 fully saturated rings. The van der Waals surface area contributed by atoms with Crippen molar-refractivity contribution in [1.82, 2.24) is 15.2 Å². The fourth-order valence-electron chi connectivity index (χ4n) is 2.75. The van der Waals surface area contributed by atoms with Crippen LogP contribution in [0.2, 0.25) is 0 Å². The Morgan fingerprint density at radius 3 is 2.25 bits per heavy atom. The van der Waals surface area contributed by atoms with Gasteiger partial charge in [-0.3, -0.25) is 15.2 Å². The first-order chi connectivity index (χ1) is 13.5. The summed E-state index contributed by atoms with van der Waals surface area (Å²) in [6.45, 7) is 2.01. The number of nitrogens with zero attached hydrogens (tertiary/aromatic N) is 2. The second-order valence-electron chi connectivity index (χ2n) is 6.13. The van der Waals surface area contributed by atoms with E-state index in [4.69, 9.17) is 14.2 Å². The van der Waals surface area contributed by atoms with Gasteiger partial charge in [0.2, 0.25) is 17.6 Å². The van der Waals surface area contributed by atoms with E-state index in [1.807, 2.05) is 31.2 Å². The lowest BCUT2D eigenvalue weighted by Gasteiger charge is -2.13. The van der Waals surface area contributed by atoms with Crippen molar-refractivity contribution in [2.75, 3.05) is 26.6 Å². The molecular weight excluding hydrogens is 360 g/mol. The molecule has 0 aliphatic carbocycles. The van der Waals surface area contributed by atoms with Gasteiger partial charge in [-0.1, -0.05) is 29.8 Å². The molecule has 0 radical (unpaired) electrons. The molecule has 146 valence electrons. The number of anilines is 1. The number of aromatic amines is 1. The quantitative estimate of drug-likeness (QED) is 0.652. The first-order valence-corrected chi connectivity index (χ1v) is 8.62. The Morgan fingerprint density at radius 1 is 1.04 bits per heavy atom. The van der Waals surface area contributed by atoms with Crippen LogP contribution in [-0.2, 0) is 11.2 Å². The number of methoxy groups -OCH3 is 3. The third kappa shape index (κ3) is 4.22. The van der Waals surface area contributed by atoms with Crippen LogP contribution in [0.25, 0.3) is 11.4 Å². The van der Waals surface area contributed by atoms with E-state index in [1.54, 1.807) is 12.1 Å². The van der Waals surface area contributed by atoms with Crippen molar-refractivity contribution in [3.63, 3.8) is 0 Å². The predicted octanol–water partition coefficient (Wildman–Crippen LogP) is 2.99. The molecule has 1 amide bonds. The first kappa shape index (κ1) is 19.2. The average Bonchev–Trinajstić information content (AvgIpc) is 3.15. The van der Waals surface area contributed by atoms with Gasteiger partial charge >= 0.3 is 0 Å². The van der Waals surface area contributed by atoms with Crippen LogP contribution >= 0.6 is 0 Å². The van der Waals surface area contributed by atoms with Crippen molar-refractivity contribution >= 4 is 11.9 Å². The van der Waals surface area contributed by atoms with Crippen molar-refractivity contribution in [3.8, 4) is 28.6 Å². The van der Waals surface area contributed by atoms with Crippen LogP contribution in [0.5, 0.6) is 17.2 Å². The Balaban J connectivity index is 1.72. The molecule has 28 heavy (non-hydrogen) atoms. The number of rotatable bonds is 7. The summed E-state index contributed by atoms with van der Waals surface area (Å²) < 4.78 is 15.9. The number of aryl methyl sites for hydroxylation is 1. The Bertz CT molecular complexity index is 942. The zero-order valence-electron chi connectivity index (χ0n) is 16.2. The molecule has 3 rings (SSSR count). The molecule has 2 N–H and O–H groups in total. The number of hydrogen-bond acceptors (Lipinski definition) is 6. The molecule has 0 spiro atoms. The second kappa shape index (κ2) is 8.43. The van der Waals surface area contributed by atoms with E-state index in [0.717, 1.165) is 11.1 Å². The van der Waals surface area contributed by atoms with Gasteiger partial charge in [-0.05, 0) is 24.6 Å². The zero-order valence-corrected chi connectivity index (χ0v) is 16.2. The molecule has 0 aliphatic heterocycles. The lowest BCUT2D eigenvalue weighted by Crippen LogP contribution is -2.15. The van der Waals surface area contributed by atoms with Gasteiger partial charge in [0.1, 0.15) is 0 Å². The minimum atomic E-state index is -0.260. The highest BCUT2D eigenvalue weighted by Crippen LogP contribution is 2.38. The number of ether oxygens (including phenoxy) is 3. The molecule has 0 atom stereocenters. The molecular formula is C20H22N4O4. The van der Waals surface area contributed by atoms with E-state index in [9.17, 15) is 4.79 Å². The standard InChI is InChI=1S/C20H22N4O4/c1-12-5-7-14(8-6-12)19-22-20(24-23-19)21-17(25)11-13-9-15(26-2)18(28-4)16(10-13)27-3/h5-10H,11H2,1-4H3,(H2,21,22,23,24,25). The van der Waals surface area contributed by atoms with Crippen LogP contribution in [0.3, 0.4) is 0 Å². The van der Waals surface area contributed by atoms with E-state index in [-0.39, 0.29) is 18.3 Å². The number of amides is 1. The van der Waals surface area contributed by atoms with E-state index < -0.39 is 0 Å². The van der Waals surface area contributed by atoms with Crippen LogP contribution in [0.15, 0.2) is 36.4 Å². The van der Waals surface area contributed by atoms with Crippen molar-refractivity contribution in [2.45, 2.75) is 13.3 Å². The monoisotopic (exact) mass is 382 g/mol. The molecule has 0 saturated carbocycles. The smallest absolute Gasteiger partial charge is 0.249 e. The Morgan fingerprint density at radius 2 is 1.68 bits per heavy atom. The Hall–Kier alpha value is -3.55. The third-order valence-electron chi connectivity index (χ3n) is 4.15. The number of aromatic nitrogens is 3. The SMILES string of the molecule is COc1cc(CC(=O)Nc2n[nH]c(-c3ccc(C)cc3)n2)cc(OC)c1OC. The van der Waals surface area contributed by atoms with E-state index in [1.165, 1.54) is 21.3 Å². The summed E-state index contributed by atoms with van der Waals surface area (Å²) in [4.78, 5) is 16.7. The molecule has 1 heterocycles. The Kier molecular flexibility index (Phi) is 5.78. The molecule has 0 aliphatic rings. The predicted molar refractivity (Wildman–Crippen MR) is 105 cm³/mol. The van der Waals surface area contributed by atoms with Gasteiger partial charge in [-0.25, -0.2) is 0 Å². The maximum atomic E-state index is 12.4. The summed E-state index contributed by atoms with van der Waals surface area (Å²) in [5.41, 5.74) is 2.76. The van der Waals surface area contributed by atoms with Gasteiger partial charge in [0.05, 0.1) is 27.8 Å². The third-order valence-corrected chi connectivity index (χ3v) is 4.15. The molecule has 8 nitrogen and oxygen atoms in total. The molecule has 0 saturated heterocycles. The van der Waals surface area contributed by atoms with Gasteiger partial charge < -0.3 is 14.2 Å². The molecule has 8 heteroatoms. The van der Waals surface area contributed by atoms with Gasteiger partial charge in [-0.2, -0.15) is 4.98 Å². The lowest BCUT2D eigenvalue weighted by atomic mass is 10.1. The minimum Gasteiger partial charge on any atom is -0.493 e. The number of nitrogens with one attached hydrogen (secondary N) is 2. The second-order valence-corrected chi connectivity index (χ2v) is 6.13. The van der Waals surface area contributed by atoms with Gasteiger partial charge in [0.25, 0.3) is 0 Å². The van der Waals surface area contributed by atoms with E-state index in [2.05, 4.69) is 20.5 Å². The normalized spacial score (nSPS) is 10.4. The summed E-state index contributed by atoms with van der Waals surface area (Å²) in [5.74, 6) is 2.00. The van der Waals surface area contributed by atoms with Crippen LogP contribution < -0.4 is 19.5 Å². The summed E-state index contributed by atoms with van der Waals surface area (Å²) in [7, 11) is 4.59. The number of benzene rings is 2. The van der Waals surface area contributed by atoms with Crippen LogP contribution in [0.1, 0.15) is 11.1 Å². The van der Waals surface area contributed by atoms with Crippen molar-refractivity contribution in [3.05, 3.63) is 47.5 Å². The van der Waals surface area contributed by atoms with E-state index in [0.29, 0.717) is 28.6 Å². The number of hydrogen-bond donors (Lipinski definition) is 2. The topological polar surface area (TPSA) is 98.4 Å². The zero-order chi connectivity index (χ0) is 20.1. The molecule has 0 bridgehead atoms. The van der Waals surface area contributed by atoms with Gasteiger partial charge in [0, 0.05) is 5.56 Å². The molecule has 3 aromatic rings. The number of carbonyl (C=O) groups is 1. The maximum absolute atomic E-state index is 12.4. The van der Waals surface area contributed by atoms with Crippen LogP contribution in [-0.4, -0.2) is 42.4 Å². The minimum absolute atomic E-state index is 0.102. The van der Waals surface area contributed by atoms with Crippen molar-refractivity contribution in [1.29, 1.82) is 0 Å². The van der Waals surface area contributed by atoms with Crippen LogP contribution in [0, 0.1) is 6.92 Å². The number of carbonyl (C=O) groups excluding carboxylic acids is 1. The average molecular weight is 382 g/mol. The van der Waals surface area contributed by atoms with Crippen molar-refractivity contribution < 1.29 is 19.0 Å². The molecule has 0 unspecified atom stereocenters. The Labute approximate surface area is 162 Å². The lowest BCUT2D eigenvalue weighted by molar-refractivity contribution is -0.115. The fraction of sp³-hybridized carbons (Fsp3) is 0.250.